The first-order valence-electron chi connectivity index (χ1n) is 6.85. The van der Waals surface area contributed by atoms with Crippen LogP contribution < -0.4 is 19.5 Å². The van der Waals surface area contributed by atoms with Crippen LogP contribution >= 0.6 is 10.1 Å². The van der Waals surface area contributed by atoms with Gasteiger partial charge < -0.3 is 0 Å². The fourth-order valence-corrected chi connectivity index (χ4v) is 6.67. The van der Waals surface area contributed by atoms with E-state index in [1.165, 1.54) is 30.7 Å². The number of rotatable bonds is 2. The molecule has 1 aliphatic rings. The number of halogens is 1. The van der Waals surface area contributed by atoms with E-state index in [9.17, 15) is 0 Å². The van der Waals surface area contributed by atoms with Gasteiger partial charge in [0.1, 0.15) is 0 Å². The van der Waals surface area contributed by atoms with Crippen LogP contribution in [0.4, 0.5) is 11.4 Å². The van der Waals surface area contributed by atoms with Crippen LogP contribution in [-0.2, 0) is 0 Å². The summed E-state index contributed by atoms with van der Waals surface area (Å²) in [5.41, 5.74) is 3.69. The van der Waals surface area contributed by atoms with Gasteiger partial charge in [-0.1, -0.05) is 0 Å². The third-order valence-corrected chi connectivity index (χ3v) is 8.56. The van der Waals surface area contributed by atoms with Crippen LogP contribution in [0.5, 0.6) is 0 Å². The molecule has 0 saturated heterocycles. The van der Waals surface area contributed by atoms with Gasteiger partial charge in [-0.2, -0.15) is 0 Å². The summed E-state index contributed by atoms with van der Waals surface area (Å²) in [5, 5.41) is 1.27. The molecule has 1 aliphatic heterocycles. The maximum absolute atomic E-state index is 6.90. The summed E-state index contributed by atoms with van der Waals surface area (Å²) in [6, 6.07) is 13.2. The fourth-order valence-electron chi connectivity index (χ4n) is 2.44. The van der Waals surface area contributed by atoms with Crippen molar-refractivity contribution >= 4 is 44.6 Å². The molecular weight excluding hydrogens is 347 g/mol. The van der Waals surface area contributed by atoms with Crippen molar-refractivity contribution in [2.24, 2.45) is 0 Å². The summed E-state index contributed by atoms with van der Waals surface area (Å²) in [7, 11) is 15.2. The molecule has 0 aliphatic carbocycles. The second kappa shape index (κ2) is 5.49. The van der Waals surface area contributed by atoms with Crippen molar-refractivity contribution in [1.82, 2.24) is 0 Å². The standard InChI is InChI=1S/C17H19ClN2Se/c1-19(2)14-7-5-12-9-13-6-8-15(20(3)4)11-17(13)21(18)16(12)10-14/h5-11H,1-4H3. The van der Waals surface area contributed by atoms with E-state index in [1.807, 2.05) is 0 Å². The summed E-state index contributed by atoms with van der Waals surface area (Å²) in [4.78, 5) is 4.25. The Morgan fingerprint density at radius 1 is 0.857 bits per heavy atom. The monoisotopic (exact) mass is 366 g/mol. The number of benzene rings is 2. The van der Waals surface area contributed by atoms with Crippen molar-refractivity contribution in [2.75, 3.05) is 38.0 Å². The van der Waals surface area contributed by atoms with Crippen LogP contribution in [-0.4, -0.2) is 40.7 Å². The SMILES string of the molecule is CN(C)c1ccc2c(c1)[Se](Cl)=c1cc(N(C)C)ccc1=C2. The molecule has 0 spiro atoms. The zero-order chi connectivity index (χ0) is 15.1. The van der Waals surface area contributed by atoms with Gasteiger partial charge in [0.05, 0.1) is 0 Å². The van der Waals surface area contributed by atoms with Crippen LogP contribution in [0.15, 0.2) is 36.4 Å². The minimum atomic E-state index is -1.49. The summed E-state index contributed by atoms with van der Waals surface area (Å²) >= 11 is -1.49. The Kier molecular flexibility index (Phi) is 3.83. The Bertz CT molecular complexity index is 825. The van der Waals surface area contributed by atoms with Gasteiger partial charge in [-0.25, -0.2) is 0 Å². The zero-order valence-corrected chi connectivity index (χ0v) is 15.2. The predicted molar refractivity (Wildman–Crippen MR) is 94.8 cm³/mol. The number of hydrogen-bond acceptors (Lipinski definition) is 2. The third kappa shape index (κ3) is 2.62. The molecule has 1 unspecified atom stereocenters. The number of anilines is 2. The Hall–Kier alpha value is -1.28. The van der Waals surface area contributed by atoms with E-state index < -0.39 is 12.6 Å². The molecule has 0 bridgehead atoms. The van der Waals surface area contributed by atoms with Gasteiger partial charge in [-0.3, -0.25) is 0 Å². The van der Waals surface area contributed by atoms with Gasteiger partial charge in [0, 0.05) is 0 Å². The van der Waals surface area contributed by atoms with E-state index in [4.69, 9.17) is 10.1 Å². The molecule has 0 amide bonds. The molecule has 3 rings (SSSR count). The topological polar surface area (TPSA) is 6.48 Å². The van der Waals surface area contributed by atoms with Gasteiger partial charge in [0.2, 0.25) is 0 Å². The van der Waals surface area contributed by atoms with E-state index in [1.54, 1.807) is 0 Å². The molecular formula is C17H19ClN2Se. The Labute approximate surface area is 133 Å². The molecule has 0 saturated carbocycles. The van der Waals surface area contributed by atoms with Crippen molar-refractivity contribution in [2.45, 2.75) is 0 Å². The van der Waals surface area contributed by atoms with Gasteiger partial charge in [0.25, 0.3) is 0 Å². The van der Waals surface area contributed by atoms with E-state index in [0.717, 1.165) is 0 Å². The third-order valence-electron chi connectivity index (χ3n) is 3.72. The van der Waals surface area contributed by atoms with Crippen LogP contribution in [0.3, 0.4) is 0 Å². The first-order chi connectivity index (χ1) is 9.97. The van der Waals surface area contributed by atoms with Crippen molar-refractivity contribution in [3.8, 4) is 0 Å². The molecule has 21 heavy (non-hydrogen) atoms. The second-order valence-corrected chi connectivity index (χ2v) is 10.2. The Morgan fingerprint density at radius 3 is 2.14 bits per heavy atom. The Balaban J connectivity index is 2.27. The summed E-state index contributed by atoms with van der Waals surface area (Å²) < 4.78 is 2.62. The number of nitrogens with zero attached hydrogens (tertiary/aromatic N) is 2. The van der Waals surface area contributed by atoms with Crippen LogP contribution in [0.2, 0.25) is 0 Å². The normalized spacial score (nSPS) is 15.8. The number of fused-ring (bicyclic) bond motifs is 2. The summed E-state index contributed by atoms with van der Waals surface area (Å²) in [6.07, 6.45) is 2.26. The molecule has 0 fully saturated rings. The molecule has 1 atom stereocenters. The van der Waals surface area contributed by atoms with E-state index in [2.05, 4.69) is 80.5 Å². The Morgan fingerprint density at radius 2 is 1.48 bits per heavy atom. The van der Waals surface area contributed by atoms with E-state index in [-0.39, 0.29) is 0 Å². The van der Waals surface area contributed by atoms with Crippen molar-refractivity contribution in [3.05, 3.63) is 51.2 Å². The quantitative estimate of drug-likeness (QED) is 0.750. The second-order valence-electron chi connectivity index (χ2n) is 5.63. The molecule has 1 heterocycles. The molecule has 0 N–H and O–H groups in total. The predicted octanol–water partition coefficient (Wildman–Crippen LogP) is 1.93. The molecule has 2 nitrogen and oxygen atoms in total. The van der Waals surface area contributed by atoms with Crippen LogP contribution in [0.1, 0.15) is 5.56 Å². The molecule has 110 valence electrons. The first kappa shape index (κ1) is 14.6. The van der Waals surface area contributed by atoms with E-state index in [0.29, 0.717) is 0 Å². The molecule has 2 aromatic carbocycles. The van der Waals surface area contributed by atoms with Gasteiger partial charge in [-0.15, -0.1) is 0 Å². The molecule has 4 heteroatoms. The van der Waals surface area contributed by atoms with Crippen molar-refractivity contribution in [1.29, 1.82) is 0 Å². The fraction of sp³-hybridized carbons (Fsp3) is 0.235. The average Bonchev–Trinajstić information content (AvgIpc) is 2.46. The zero-order valence-electron chi connectivity index (χ0n) is 12.7. The molecule has 2 aromatic rings. The summed E-state index contributed by atoms with van der Waals surface area (Å²) in [6.45, 7) is 0. The van der Waals surface area contributed by atoms with E-state index >= 15 is 0 Å². The van der Waals surface area contributed by atoms with Crippen molar-refractivity contribution < 1.29 is 0 Å². The van der Waals surface area contributed by atoms with Crippen LogP contribution in [0, 0.1) is 4.06 Å². The number of hydrogen-bond donors (Lipinski definition) is 0. The van der Waals surface area contributed by atoms with Gasteiger partial charge >= 0.3 is 134 Å². The van der Waals surface area contributed by atoms with Crippen molar-refractivity contribution in [3.63, 3.8) is 0 Å². The van der Waals surface area contributed by atoms with Gasteiger partial charge in [-0.05, 0) is 0 Å². The minimum absolute atomic E-state index is 1.21. The molecule has 0 radical (unpaired) electrons. The maximum atomic E-state index is 6.90. The average molecular weight is 366 g/mol. The molecule has 0 aromatic heterocycles. The first-order valence-corrected chi connectivity index (χ1v) is 10.8. The van der Waals surface area contributed by atoms with Gasteiger partial charge in [0.15, 0.2) is 0 Å². The van der Waals surface area contributed by atoms with Crippen LogP contribution in [0.25, 0.3) is 6.08 Å². The summed E-state index contributed by atoms with van der Waals surface area (Å²) in [5.74, 6) is 0.